The molecule has 0 amide bonds. The van der Waals surface area contributed by atoms with Gasteiger partial charge in [0, 0.05) is 30.4 Å². The van der Waals surface area contributed by atoms with E-state index in [2.05, 4.69) is 15.3 Å². The van der Waals surface area contributed by atoms with Crippen molar-refractivity contribution in [2.24, 2.45) is 5.73 Å². The Hall–Kier alpha value is -1.83. The van der Waals surface area contributed by atoms with E-state index in [0.717, 1.165) is 24.1 Å². The lowest BCUT2D eigenvalue weighted by molar-refractivity contribution is 0.260. The molecule has 2 rings (SSSR count). The Labute approximate surface area is 132 Å². The largest absolute Gasteiger partial charge is 0.395 e. The minimum atomic E-state index is -1.07. The highest BCUT2D eigenvalue weighted by atomic mass is 32.2. The van der Waals surface area contributed by atoms with Crippen LogP contribution in [-0.2, 0) is 17.2 Å². The average molecular weight is 320 g/mol. The highest BCUT2D eigenvalue weighted by molar-refractivity contribution is 7.84. The predicted octanol–water partition coefficient (Wildman–Crippen LogP) is 1.21. The van der Waals surface area contributed by atoms with E-state index < -0.39 is 10.8 Å². The SMILES string of the molecule is CS(=O)c1cnc(Nc2ccc(CC[C@H](N)CO)cc2)nc1. The van der Waals surface area contributed by atoms with Crippen LogP contribution in [0.15, 0.2) is 41.6 Å². The Balaban J connectivity index is 1.94. The summed E-state index contributed by atoms with van der Waals surface area (Å²) in [6, 6.07) is 7.71. The molecule has 0 radical (unpaired) electrons. The van der Waals surface area contributed by atoms with Crippen molar-refractivity contribution in [1.29, 1.82) is 0 Å². The Bertz CT molecular complexity index is 616. The molecule has 0 bridgehead atoms. The minimum absolute atomic E-state index is 0.00945. The van der Waals surface area contributed by atoms with Gasteiger partial charge in [-0.1, -0.05) is 12.1 Å². The van der Waals surface area contributed by atoms with Gasteiger partial charge >= 0.3 is 0 Å². The zero-order valence-electron chi connectivity index (χ0n) is 12.4. The average Bonchev–Trinajstić information content (AvgIpc) is 2.54. The van der Waals surface area contributed by atoms with E-state index in [1.165, 1.54) is 0 Å². The maximum absolute atomic E-state index is 11.3. The number of hydrogen-bond acceptors (Lipinski definition) is 6. The molecule has 7 heteroatoms. The van der Waals surface area contributed by atoms with E-state index in [1.54, 1.807) is 18.6 Å². The van der Waals surface area contributed by atoms with Gasteiger partial charge < -0.3 is 16.2 Å². The quantitative estimate of drug-likeness (QED) is 0.709. The van der Waals surface area contributed by atoms with Crippen molar-refractivity contribution in [3.05, 3.63) is 42.2 Å². The molecular weight excluding hydrogens is 300 g/mol. The van der Waals surface area contributed by atoms with Crippen LogP contribution in [0.3, 0.4) is 0 Å². The van der Waals surface area contributed by atoms with E-state index >= 15 is 0 Å². The number of benzene rings is 1. The van der Waals surface area contributed by atoms with E-state index in [9.17, 15) is 4.21 Å². The Kier molecular flexibility index (Phi) is 6.00. The topological polar surface area (TPSA) is 101 Å². The number of nitrogens with zero attached hydrogens (tertiary/aromatic N) is 2. The van der Waals surface area contributed by atoms with E-state index in [-0.39, 0.29) is 12.6 Å². The van der Waals surface area contributed by atoms with Gasteiger partial charge in [-0.15, -0.1) is 0 Å². The maximum atomic E-state index is 11.3. The molecular formula is C15H20N4O2S. The molecule has 2 aromatic rings. The third-order valence-corrected chi connectivity index (χ3v) is 4.08. The first-order chi connectivity index (χ1) is 10.6. The van der Waals surface area contributed by atoms with Crippen LogP contribution in [0.5, 0.6) is 0 Å². The van der Waals surface area contributed by atoms with Crippen LogP contribution in [-0.4, -0.2) is 38.2 Å². The van der Waals surface area contributed by atoms with Crippen LogP contribution in [0, 0.1) is 0 Å². The lowest BCUT2D eigenvalue weighted by Gasteiger charge is -2.09. The summed E-state index contributed by atoms with van der Waals surface area (Å²) in [7, 11) is -1.07. The normalized spacial score (nSPS) is 13.6. The Morgan fingerprint density at radius 2 is 1.91 bits per heavy atom. The molecule has 2 atom stereocenters. The molecule has 0 fully saturated rings. The second-order valence-electron chi connectivity index (χ2n) is 5.00. The molecule has 0 spiro atoms. The third-order valence-electron chi connectivity index (χ3n) is 3.21. The zero-order chi connectivity index (χ0) is 15.9. The van der Waals surface area contributed by atoms with Crippen LogP contribution in [0.25, 0.3) is 0 Å². The van der Waals surface area contributed by atoms with Crippen LogP contribution >= 0.6 is 0 Å². The summed E-state index contributed by atoms with van der Waals surface area (Å²) in [5.74, 6) is 0.462. The van der Waals surface area contributed by atoms with Gasteiger partial charge in [0.2, 0.25) is 5.95 Å². The zero-order valence-corrected chi connectivity index (χ0v) is 13.2. The van der Waals surface area contributed by atoms with Crippen LogP contribution in [0.4, 0.5) is 11.6 Å². The number of hydrogen-bond donors (Lipinski definition) is 3. The number of nitrogens with two attached hydrogens (primary N) is 1. The second kappa shape index (κ2) is 7.98. The standard InChI is InChI=1S/C15H20N4O2S/c1-22(21)14-8-17-15(18-9-14)19-13-6-3-11(4-7-13)2-5-12(16)10-20/h3-4,6-9,12,20H,2,5,10,16H2,1H3,(H,17,18,19)/t12-,22?/m0/s1. The Morgan fingerprint density at radius 1 is 1.27 bits per heavy atom. The lowest BCUT2D eigenvalue weighted by Crippen LogP contribution is -2.24. The molecule has 0 saturated carbocycles. The third kappa shape index (κ3) is 4.87. The number of aliphatic hydroxyl groups excluding tert-OH is 1. The monoisotopic (exact) mass is 320 g/mol. The molecule has 22 heavy (non-hydrogen) atoms. The number of rotatable bonds is 7. The van der Waals surface area contributed by atoms with Gasteiger partial charge in [-0.3, -0.25) is 4.21 Å². The molecule has 0 aliphatic heterocycles. The predicted molar refractivity (Wildman–Crippen MR) is 87.5 cm³/mol. The van der Waals surface area contributed by atoms with E-state index in [4.69, 9.17) is 10.8 Å². The summed E-state index contributed by atoms with van der Waals surface area (Å²) in [5.41, 5.74) is 7.72. The summed E-state index contributed by atoms with van der Waals surface area (Å²) < 4.78 is 11.3. The summed E-state index contributed by atoms with van der Waals surface area (Å²) in [4.78, 5) is 8.86. The van der Waals surface area contributed by atoms with Gasteiger partial charge in [-0.05, 0) is 30.5 Å². The van der Waals surface area contributed by atoms with Crippen molar-refractivity contribution in [1.82, 2.24) is 9.97 Å². The molecule has 1 aromatic heterocycles. The summed E-state index contributed by atoms with van der Waals surface area (Å²) >= 11 is 0. The Morgan fingerprint density at radius 3 is 2.45 bits per heavy atom. The van der Waals surface area contributed by atoms with Crippen LogP contribution < -0.4 is 11.1 Å². The fourth-order valence-corrected chi connectivity index (χ4v) is 2.26. The van der Waals surface area contributed by atoms with Crippen LogP contribution in [0.2, 0.25) is 0 Å². The highest BCUT2D eigenvalue weighted by Crippen LogP contribution is 2.15. The lowest BCUT2D eigenvalue weighted by atomic mass is 10.1. The van der Waals surface area contributed by atoms with Gasteiger partial charge in [-0.25, -0.2) is 9.97 Å². The van der Waals surface area contributed by atoms with Crippen LogP contribution in [0.1, 0.15) is 12.0 Å². The first-order valence-corrected chi connectivity index (χ1v) is 8.52. The maximum Gasteiger partial charge on any atom is 0.227 e. The smallest absolute Gasteiger partial charge is 0.227 e. The highest BCUT2D eigenvalue weighted by Gasteiger charge is 2.03. The van der Waals surface area contributed by atoms with E-state index in [0.29, 0.717) is 10.8 Å². The number of aromatic nitrogens is 2. The second-order valence-corrected chi connectivity index (χ2v) is 6.38. The van der Waals surface area contributed by atoms with Gasteiger partial charge in [0.05, 0.1) is 22.3 Å². The summed E-state index contributed by atoms with van der Waals surface area (Å²) in [6.07, 6.45) is 6.27. The van der Waals surface area contributed by atoms with Crippen molar-refractivity contribution < 1.29 is 9.32 Å². The van der Waals surface area contributed by atoms with Crippen molar-refractivity contribution in [2.45, 2.75) is 23.8 Å². The molecule has 1 aromatic carbocycles. The fourth-order valence-electron chi connectivity index (χ4n) is 1.86. The van der Waals surface area contributed by atoms with Crippen molar-refractivity contribution in [3.8, 4) is 0 Å². The summed E-state index contributed by atoms with van der Waals surface area (Å²) in [5, 5.41) is 12.0. The number of aliphatic hydroxyl groups is 1. The molecule has 1 unspecified atom stereocenters. The molecule has 0 aliphatic rings. The molecule has 1 heterocycles. The molecule has 0 saturated heterocycles. The van der Waals surface area contributed by atoms with E-state index in [1.807, 2.05) is 24.3 Å². The number of aryl methyl sites for hydroxylation is 1. The first-order valence-electron chi connectivity index (χ1n) is 6.96. The molecule has 6 nitrogen and oxygen atoms in total. The number of anilines is 2. The summed E-state index contributed by atoms with van der Waals surface area (Å²) in [6.45, 7) is 0.00945. The van der Waals surface area contributed by atoms with Gasteiger partial charge in [-0.2, -0.15) is 0 Å². The number of nitrogens with one attached hydrogen (secondary N) is 1. The van der Waals surface area contributed by atoms with Gasteiger partial charge in [0.1, 0.15) is 0 Å². The molecule has 4 N–H and O–H groups in total. The fraction of sp³-hybridized carbons (Fsp3) is 0.333. The van der Waals surface area contributed by atoms with Crippen molar-refractivity contribution in [2.75, 3.05) is 18.2 Å². The van der Waals surface area contributed by atoms with Crippen molar-refractivity contribution >= 4 is 22.4 Å². The minimum Gasteiger partial charge on any atom is -0.395 e. The molecule has 118 valence electrons. The van der Waals surface area contributed by atoms with Gasteiger partial charge in [0.25, 0.3) is 0 Å². The first kappa shape index (κ1) is 16.5. The van der Waals surface area contributed by atoms with Gasteiger partial charge in [0.15, 0.2) is 0 Å². The van der Waals surface area contributed by atoms with Crippen molar-refractivity contribution in [3.63, 3.8) is 0 Å². The molecule has 0 aliphatic carbocycles.